The normalized spacial score (nSPS) is 15.2. The summed E-state index contributed by atoms with van der Waals surface area (Å²) in [6, 6.07) is 2.28. The van der Waals surface area contributed by atoms with Crippen LogP contribution in [0.5, 0.6) is 0 Å². The van der Waals surface area contributed by atoms with Crippen molar-refractivity contribution in [3.05, 3.63) is 48.1 Å². The summed E-state index contributed by atoms with van der Waals surface area (Å²) >= 11 is 0. The standard InChI is InChI=1S/C25H29N7O/c1-3-11-31(12-4-2)24-18(15-26)20-17-14-19(33)32(13-10-16-8-6-5-7-9-16)25(17)30-23(28)21(20)22(27)29-24/h3-4,8H,1-2,5-7,9-14H2,(H2,27,29)(H2,28,30). The molecule has 0 aromatic carbocycles. The number of fused-ring (bicyclic) bond motifs is 3. The first kappa shape index (κ1) is 22.3. The monoisotopic (exact) mass is 443 g/mol. The molecule has 4 N–H and O–H groups in total. The number of nitrogens with two attached hydrogens (primary N) is 2. The predicted octanol–water partition coefficient (Wildman–Crippen LogP) is 3.62. The number of anilines is 4. The summed E-state index contributed by atoms with van der Waals surface area (Å²) in [5.41, 5.74) is 15.0. The van der Waals surface area contributed by atoms with E-state index < -0.39 is 0 Å². The van der Waals surface area contributed by atoms with E-state index in [9.17, 15) is 10.1 Å². The number of hydrogen-bond donors (Lipinski definition) is 2. The van der Waals surface area contributed by atoms with Crippen LogP contribution < -0.4 is 21.3 Å². The van der Waals surface area contributed by atoms with Crippen molar-refractivity contribution in [1.29, 1.82) is 5.26 Å². The second-order valence-corrected chi connectivity index (χ2v) is 8.42. The highest BCUT2D eigenvalue weighted by Crippen LogP contribution is 2.42. The molecule has 0 spiro atoms. The summed E-state index contributed by atoms with van der Waals surface area (Å²) in [4.78, 5) is 25.6. The zero-order valence-corrected chi connectivity index (χ0v) is 18.8. The molecule has 0 fully saturated rings. The fourth-order valence-corrected chi connectivity index (χ4v) is 4.77. The lowest BCUT2D eigenvalue weighted by Gasteiger charge is -2.24. The molecule has 0 bridgehead atoms. The molecule has 1 aliphatic carbocycles. The molecule has 1 amide bonds. The van der Waals surface area contributed by atoms with Crippen LogP contribution in [0, 0.1) is 11.3 Å². The molecule has 3 heterocycles. The quantitative estimate of drug-likeness (QED) is 0.597. The molecule has 2 aromatic heterocycles. The van der Waals surface area contributed by atoms with Crippen LogP contribution >= 0.6 is 0 Å². The number of allylic oxidation sites excluding steroid dienone is 1. The average Bonchev–Trinajstić information content (AvgIpc) is 3.12. The first-order valence-corrected chi connectivity index (χ1v) is 11.3. The minimum Gasteiger partial charge on any atom is -0.383 e. The molecule has 0 atom stereocenters. The van der Waals surface area contributed by atoms with Gasteiger partial charge in [-0.05, 0) is 32.1 Å². The number of rotatable bonds is 8. The van der Waals surface area contributed by atoms with Gasteiger partial charge in [0, 0.05) is 30.6 Å². The topological polar surface area (TPSA) is 125 Å². The second kappa shape index (κ2) is 9.33. The van der Waals surface area contributed by atoms with Gasteiger partial charge in [-0.3, -0.25) is 9.69 Å². The van der Waals surface area contributed by atoms with E-state index in [4.69, 9.17) is 11.5 Å². The Balaban J connectivity index is 1.85. The lowest BCUT2D eigenvalue weighted by Crippen LogP contribution is -2.29. The van der Waals surface area contributed by atoms with Crippen LogP contribution in [0.15, 0.2) is 37.0 Å². The molecule has 0 radical (unpaired) electrons. The van der Waals surface area contributed by atoms with Crippen molar-refractivity contribution in [2.75, 3.05) is 40.9 Å². The van der Waals surface area contributed by atoms with Crippen LogP contribution in [0.25, 0.3) is 10.8 Å². The van der Waals surface area contributed by atoms with Gasteiger partial charge in [0.15, 0.2) is 0 Å². The minimum absolute atomic E-state index is 0.0457. The van der Waals surface area contributed by atoms with Crippen molar-refractivity contribution >= 4 is 40.0 Å². The van der Waals surface area contributed by atoms with Gasteiger partial charge >= 0.3 is 0 Å². The molecule has 2 aliphatic rings. The van der Waals surface area contributed by atoms with Crippen LogP contribution in [0.3, 0.4) is 0 Å². The van der Waals surface area contributed by atoms with E-state index >= 15 is 0 Å². The zero-order chi connectivity index (χ0) is 23.5. The third-order valence-corrected chi connectivity index (χ3v) is 6.30. The number of nitrogen functional groups attached to an aromatic ring is 2. The summed E-state index contributed by atoms with van der Waals surface area (Å²) in [5, 5.41) is 11.1. The fraction of sp³-hybridized carbons (Fsp3) is 0.360. The van der Waals surface area contributed by atoms with Gasteiger partial charge in [0.05, 0.1) is 11.8 Å². The molecule has 4 rings (SSSR count). The van der Waals surface area contributed by atoms with E-state index in [-0.39, 0.29) is 24.0 Å². The van der Waals surface area contributed by atoms with E-state index in [0.717, 1.165) is 19.3 Å². The van der Waals surface area contributed by atoms with Gasteiger partial charge in [0.1, 0.15) is 34.9 Å². The van der Waals surface area contributed by atoms with Crippen LogP contribution in [0.2, 0.25) is 0 Å². The minimum atomic E-state index is -0.0457. The van der Waals surface area contributed by atoms with E-state index in [1.807, 2.05) is 4.90 Å². The highest BCUT2D eigenvalue weighted by molar-refractivity contribution is 6.13. The molecule has 0 unspecified atom stereocenters. The number of aromatic nitrogens is 2. The molecule has 33 heavy (non-hydrogen) atoms. The predicted molar refractivity (Wildman–Crippen MR) is 133 cm³/mol. The van der Waals surface area contributed by atoms with Gasteiger partial charge in [-0.15, -0.1) is 13.2 Å². The molecule has 8 nitrogen and oxygen atoms in total. The number of carbonyl (C=O) groups excluding carboxylic acids is 1. The lowest BCUT2D eigenvalue weighted by atomic mass is 9.97. The van der Waals surface area contributed by atoms with Crippen LogP contribution in [0.1, 0.15) is 43.2 Å². The third-order valence-electron chi connectivity index (χ3n) is 6.30. The Morgan fingerprint density at radius 2 is 1.88 bits per heavy atom. The van der Waals surface area contributed by atoms with Gasteiger partial charge in [-0.25, -0.2) is 9.97 Å². The van der Waals surface area contributed by atoms with Gasteiger partial charge in [-0.2, -0.15) is 5.26 Å². The molecule has 0 saturated carbocycles. The molecule has 170 valence electrons. The summed E-state index contributed by atoms with van der Waals surface area (Å²) in [6.07, 6.45) is 11.3. The fourth-order valence-electron chi connectivity index (χ4n) is 4.77. The number of amides is 1. The Kier molecular flexibility index (Phi) is 6.31. The molecule has 8 heteroatoms. The third kappa shape index (κ3) is 4.02. The summed E-state index contributed by atoms with van der Waals surface area (Å²) in [6.45, 7) is 9.06. The van der Waals surface area contributed by atoms with Gasteiger partial charge < -0.3 is 16.4 Å². The highest BCUT2D eigenvalue weighted by Gasteiger charge is 2.34. The maximum Gasteiger partial charge on any atom is 0.232 e. The number of nitriles is 1. The number of pyridine rings is 2. The Hall–Kier alpha value is -3.86. The summed E-state index contributed by atoms with van der Waals surface area (Å²) < 4.78 is 0. The number of nitrogens with zero attached hydrogens (tertiary/aromatic N) is 5. The maximum absolute atomic E-state index is 13.0. The van der Waals surface area contributed by atoms with E-state index in [2.05, 4.69) is 35.3 Å². The van der Waals surface area contributed by atoms with Crippen molar-refractivity contribution in [2.24, 2.45) is 0 Å². The second-order valence-electron chi connectivity index (χ2n) is 8.42. The van der Waals surface area contributed by atoms with Gasteiger partial charge in [-0.1, -0.05) is 23.8 Å². The van der Waals surface area contributed by atoms with Gasteiger partial charge in [0.25, 0.3) is 0 Å². The number of hydrogen-bond acceptors (Lipinski definition) is 7. The average molecular weight is 444 g/mol. The Morgan fingerprint density at radius 1 is 1.15 bits per heavy atom. The largest absolute Gasteiger partial charge is 0.383 e. The molecule has 1 aliphatic heterocycles. The Bertz CT molecular complexity index is 1200. The van der Waals surface area contributed by atoms with Crippen LogP contribution in [-0.4, -0.2) is 35.5 Å². The Labute approximate surface area is 193 Å². The zero-order valence-electron chi connectivity index (χ0n) is 18.8. The first-order chi connectivity index (χ1) is 16.0. The van der Waals surface area contributed by atoms with Crippen molar-refractivity contribution in [1.82, 2.24) is 9.97 Å². The summed E-state index contributed by atoms with van der Waals surface area (Å²) in [5.74, 6) is 1.26. The summed E-state index contributed by atoms with van der Waals surface area (Å²) in [7, 11) is 0. The molecule has 0 saturated heterocycles. The Morgan fingerprint density at radius 3 is 2.52 bits per heavy atom. The van der Waals surface area contributed by atoms with Crippen LogP contribution in [-0.2, 0) is 11.2 Å². The van der Waals surface area contributed by atoms with Crippen molar-refractivity contribution in [3.63, 3.8) is 0 Å². The highest BCUT2D eigenvalue weighted by atomic mass is 16.2. The van der Waals surface area contributed by atoms with E-state index in [1.54, 1.807) is 17.1 Å². The molecular formula is C25H29N7O. The van der Waals surface area contributed by atoms with Gasteiger partial charge in [0.2, 0.25) is 5.91 Å². The maximum atomic E-state index is 13.0. The molecule has 2 aromatic rings. The molecular weight excluding hydrogens is 414 g/mol. The van der Waals surface area contributed by atoms with E-state index in [1.165, 1.54) is 18.4 Å². The smallest absolute Gasteiger partial charge is 0.232 e. The van der Waals surface area contributed by atoms with E-state index in [0.29, 0.717) is 53.2 Å². The first-order valence-electron chi connectivity index (χ1n) is 11.3. The van der Waals surface area contributed by atoms with Crippen LogP contribution in [0.4, 0.5) is 23.3 Å². The van der Waals surface area contributed by atoms with Crippen molar-refractivity contribution in [2.45, 2.75) is 38.5 Å². The van der Waals surface area contributed by atoms with Crippen molar-refractivity contribution in [3.8, 4) is 6.07 Å². The van der Waals surface area contributed by atoms with Crippen molar-refractivity contribution < 1.29 is 4.79 Å². The SMILES string of the molecule is C=CCN(CC=C)c1nc(N)c2c(N)nc3c(c2c1C#N)CC(=O)N3CCC1=CCCCC1. The number of carbonyl (C=O) groups is 1. The lowest BCUT2D eigenvalue weighted by molar-refractivity contribution is -0.117.